The molecule has 1 N–H and O–H groups in total. The van der Waals surface area contributed by atoms with Crippen LogP contribution in [0.1, 0.15) is 32.3 Å². The molecule has 0 aliphatic heterocycles. The maximum atomic E-state index is 14.0. The summed E-state index contributed by atoms with van der Waals surface area (Å²) < 4.78 is 14.0. The highest BCUT2D eigenvalue weighted by Crippen LogP contribution is 2.37. The molecule has 0 amide bonds. The fraction of sp³-hybridized carbons (Fsp3) is 0.500. The SMILES string of the molecule is CC(C)CNCC1(c2ccccc2F)CC=CC1. The van der Waals surface area contributed by atoms with Gasteiger partial charge in [0.05, 0.1) is 0 Å². The second kappa shape index (κ2) is 5.66. The van der Waals surface area contributed by atoms with Crippen LogP contribution >= 0.6 is 0 Å². The van der Waals surface area contributed by atoms with Crippen molar-refractivity contribution in [3.8, 4) is 0 Å². The minimum Gasteiger partial charge on any atom is -0.316 e. The van der Waals surface area contributed by atoms with Crippen LogP contribution in [0.5, 0.6) is 0 Å². The molecule has 0 unspecified atom stereocenters. The second-order valence-corrected chi connectivity index (χ2v) is 5.66. The van der Waals surface area contributed by atoms with Crippen molar-refractivity contribution in [1.29, 1.82) is 0 Å². The number of nitrogens with one attached hydrogen (secondary N) is 1. The van der Waals surface area contributed by atoms with E-state index < -0.39 is 0 Å². The van der Waals surface area contributed by atoms with Crippen molar-refractivity contribution in [2.24, 2.45) is 5.92 Å². The first-order chi connectivity index (χ1) is 8.64. The minimum atomic E-state index is -0.0831. The normalized spacial score (nSPS) is 17.6. The Bertz CT molecular complexity index is 415. The lowest BCUT2D eigenvalue weighted by Gasteiger charge is -2.31. The molecule has 1 aliphatic rings. The van der Waals surface area contributed by atoms with Crippen molar-refractivity contribution in [2.75, 3.05) is 13.1 Å². The third kappa shape index (κ3) is 2.81. The van der Waals surface area contributed by atoms with Crippen molar-refractivity contribution in [3.63, 3.8) is 0 Å². The Kier molecular flexibility index (Phi) is 4.18. The average Bonchev–Trinajstić information content (AvgIpc) is 2.79. The van der Waals surface area contributed by atoms with E-state index in [1.807, 2.05) is 12.1 Å². The van der Waals surface area contributed by atoms with Gasteiger partial charge in [-0.2, -0.15) is 0 Å². The van der Waals surface area contributed by atoms with E-state index in [9.17, 15) is 4.39 Å². The van der Waals surface area contributed by atoms with Crippen LogP contribution < -0.4 is 5.32 Å². The molecule has 1 aromatic rings. The van der Waals surface area contributed by atoms with Gasteiger partial charge in [0, 0.05) is 12.0 Å². The smallest absolute Gasteiger partial charge is 0.127 e. The quantitative estimate of drug-likeness (QED) is 0.783. The van der Waals surface area contributed by atoms with E-state index in [4.69, 9.17) is 0 Å². The Labute approximate surface area is 109 Å². The van der Waals surface area contributed by atoms with Gasteiger partial charge in [-0.05, 0) is 36.9 Å². The van der Waals surface area contributed by atoms with Crippen LogP contribution in [0, 0.1) is 11.7 Å². The molecule has 18 heavy (non-hydrogen) atoms. The lowest BCUT2D eigenvalue weighted by molar-refractivity contribution is 0.387. The Morgan fingerprint density at radius 3 is 2.50 bits per heavy atom. The first-order valence-electron chi connectivity index (χ1n) is 6.75. The summed E-state index contributed by atoms with van der Waals surface area (Å²) in [6, 6.07) is 7.19. The summed E-state index contributed by atoms with van der Waals surface area (Å²) in [5.74, 6) is 0.546. The predicted molar refractivity (Wildman–Crippen MR) is 74.2 cm³/mol. The number of allylic oxidation sites excluding steroid dienone is 2. The molecule has 0 fully saturated rings. The largest absolute Gasteiger partial charge is 0.316 e. The molecule has 0 saturated carbocycles. The van der Waals surface area contributed by atoms with E-state index in [1.165, 1.54) is 0 Å². The highest BCUT2D eigenvalue weighted by molar-refractivity contribution is 5.32. The highest BCUT2D eigenvalue weighted by Gasteiger charge is 2.34. The van der Waals surface area contributed by atoms with Crippen LogP contribution in [0.2, 0.25) is 0 Å². The van der Waals surface area contributed by atoms with E-state index >= 15 is 0 Å². The molecule has 98 valence electrons. The predicted octanol–water partition coefficient (Wildman–Crippen LogP) is 3.66. The molecule has 1 aliphatic carbocycles. The number of hydrogen-bond acceptors (Lipinski definition) is 1. The molecule has 0 spiro atoms. The molecule has 0 saturated heterocycles. The zero-order valence-electron chi connectivity index (χ0n) is 11.2. The van der Waals surface area contributed by atoms with E-state index in [2.05, 4.69) is 31.3 Å². The number of halogens is 1. The monoisotopic (exact) mass is 247 g/mol. The van der Waals surface area contributed by atoms with Crippen LogP contribution in [0.15, 0.2) is 36.4 Å². The number of hydrogen-bond donors (Lipinski definition) is 1. The zero-order valence-corrected chi connectivity index (χ0v) is 11.2. The van der Waals surface area contributed by atoms with Crippen LogP contribution in [-0.4, -0.2) is 13.1 Å². The summed E-state index contributed by atoms with van der Waals surface area (Å²) in [6.07, 6.45) is 6.20. The third-order valence-corrected chi connectivity index (χ3v) is 3.65. The van der Waals surface area contributed by atoms with Gasteiger partial charge in [-0.15, -0.1) is 0 Å². The van der Waals surface area contributed by atoms with Crippen molar-refractivity contribution in [1.82, 2.24) is 5.32 Å². The third-order valence-electron chi connectivity index (χ3n) is 3.65. The summed E-state index contributed by atoms with van der Waals surface area (Å²) in [5, 5.41) is 3.49. The molecule has 0 bridgehead atoms. The molecule has 1 nitrogen and oxygen atoms in total. The molecule has 0 atom stereocenters. The van der Waals surface area contributed by atoms with E-state index in [1.54, 1.807) is 12.1 Å². The summed E-state index contributed by atoms with van der Waals surface area (Å²) in [6.45, 7) is 6.21. The summed E-state index contributed by atoms with van der Waals surface area (Å²) >= 11 is 0. The Morgan fingerprint density at radius 2 is 1.89 bits per heavy atom. The van der Waals surface area contributed by atoms with Gasteiger partial charge in [-0.1, -0.05) is 44.2 Å². The summed E-state index contributed by atoms with van der Waals surface area (Å²) in [5.41, 5.74) is 0.770. The van der Waals surface area contributed by atoms with Crippen molar-refractivity contribution < 1.29 is 4.39 Å². The highest BCUT2D eigenvalue weighted by atomic mass is 19.1. The van der Waals surface area contributed by atoms with Crippen LogP contribution in [0.25, 0.3) is 0 Å². The first-order valence-corrected chi connectivity index (χ1v) is 6.75. The first kappa shape index (κ1) is 13.3. The Morgan fingerprint density at radius 1 is 1.22 bits per heavy atom. The van der Waals surface area contributed by atoms with Gasteiger partial charge in [0.15, 0.2) is 0 Å². The second-order valence-electron chi connectivity index (χ2n) is 5.66. The number of benzene rings is 1. The van der Waals surface area contributed by atoms with Gasteiger partial charge in [0.25, 0.3) is 0 Å². The van der Waals surface area contributed by atoms with Crippen LogP contribution in [0.4, 0.5) is 4.39 Å². The van der Waals surface area contributed by atoms with Crippen LogP contribution in [-0.2, 0) is 5.41 Å². The maximum Gasteiger partial charge on any atom is 0.127 e. The molecule has 2 heteroatoms. The van der Waals surface area contributed by atoms with Crippen molar-refractivity contribution in [3.05, 3.63) is 47.8 Å². The van der Waals surface area contributed by atoms with Crippen LogP contribution in [0.3, 0.4) is 0 Å². The lowest BCUT2D eigenvalue weighted by atomic mass is 9.77. The van der Waals surface area contributed by atoms with Crippen molar-refractivity contribution >= 4 is 0 Å². The maximum absolute atomic E-state index is 14.0. The fourth-order valence-corrected chi connectivity index (χ4v) is 2.65. The van der Waals surface area contributed by atoms with Crippen molar-refractivity contribution in [2.45, 2.75) is 32.1 Å². The molecule has 0 aromatic heterocycles. The van der Waals surface area contributed by atoms with E-state index in [0.29, 0.717) is 5.92 Å². The summed E-state index contributed by atoms with van der Waals surface area (Å²) in [4.78, 5) is 0. The number of rotatable bonds is 5. The van der Waals surface area contributed by atoms with E-state index in [0.717, 1.165) is 31.5 Å². The standard InChI is InChI=1S/C16H22FN/c1-13(2)11-18-12-16(9-5-6-10-16)14-7-3-4-8-15(14)17/h3-8,13,18H,9-12H2,1-2H3. The molecule has 1 aromatic carbocycles. The van der Waals surface area contributed by atoms with E-state index in [-0.39, 0.29) is 11.2 Å². The topological polar surface area (TPSA) is 12.0 Å². The molecule has 2 rings (SSSR count). The van der Waals surface area contributed by atoms with Gasteiger partial charge in [-0.25, -0.2) is 4.39 Å². The fourth-order valence-electron chi connectivity index (χ4n) is 2.65. The molecule has 0 radical (unpaired) electrons. The van der Waals surface area contributed by atoms with Gasteiger partial charge >= 0.3 is 0 Å². The minimum absolute atomic E-state index is 0.0763. The Balaban J connectivity index is 2.15. The zero-order chi connectivity index (χ0) is 13.0. The Hall–Kier alpha value is -1.15. The molecular formula is C16H22FN. The van der Waals surface area contributed by atoms with Gasteiger partial charge in [-0.3, -0.25) is 0 Å². The lowest BCUT2D eigenvalue weighted by Crippen LogP contribution is -2.38. The molecule has 0 heterocycles. The average molecular weight is 247 g/mol. The molecular weight excluding hydrogens is 225 g/mol. The van der Waals surface area contributed by atoms with Gasteiger partial charge < -0.3 is 5.32 Å². The van der Waals surface area contributed by atoms with Gasteiger partial charge in [0.1, 0.15) is 5.82 Å². The summed E-state index contributed by atoms with van der Waals surface area (Å²) in [7, 11) is 0. The van der Waals surface area contributed by atoms with Gasteiger partial charge in [0.2, 0.25) is 0 Å².